The van der Waals surface area contributed by atoms with Crippen LogP contribution in [0, 0.1) is 0 Å². The van der Waals surface area contributed by atoms with E-state index in [2.05, 4.69) is 99.0 Å². The molecular weight excluding hydrogens is 1050 g/mol. The van der Waals surface area contributed by atoms with Crippen molar-refractivity contribution < 1.29 is 37.3 Å². The van der Waals surface area contributed by atoms with E-state index >= 15 is 0 Å². The molecule has 1 N–H and O–H groups in total. The van der Waals surface area contributed by atoms with Gasteiger partial charge in [-0.05, 0) is 109 Å². The summed E-state index contributed by atoms with van der Waals surface area (Å²) in [6.07, 6.45) is 82.8. The number of ether oxygens (including phenoxy) is 1. The fourth-order valence-electron chi connectivity index (χ4n) is 9.89. The molecule has 0 saturated carbocycles. The average Bonchev–Trinajstić information content (AvgIpc) is 3.51. The summed E-state index contributed by atoms with van der Waals surface area (Å²) in [4.78, 5) is 40.1. The number of hydrogen-bond acceptors (Lipinski definition) is 7. The quantitative estimate of drug-likeness (QED) is 0.0212. The number of hydrogen-bond donors (Lipinski definition) is 1. The molecule has 0 rings (SSSR count). The summed E-state index contributed by atoms with van der Waals surface area (Å²) in [6, 6.07) is -0.905. The fraction of sp³-hybridized carbons (Fsp3) is 0.781. The van der Waals surface area contributed by atoms with E-state index in [4.69, 9.17) is 13.8 Å². The van der Waals surface area contributed by atoms with E-state index in [9.17, 15) is 19.0 Å². The van der Waals surface area contributed by atoms with Gasteiger partial charge in [0.05, 0.1) is 33.8 Å². The lowest BCUT2D eigenvalue weighted by atomic mass is 10.0. The first-order valence-corrected chi connectivity index (χ1v) is 36.4. The molecule has 10 heteroatoms. The molecule has 3 atom stereocenters. The van der Waals surface area contributed by atoms with Crippen molar-refractivity contribution in [3.05, 3.63) is 85.1 Å². The van der Waals surface area contributed by atoms with Gasteiger partial charge in [-0.3, -0.25) is 14.2 Å². The lowest BCUT2D eigenvalue weighted by Gasteiger charge is -2.30. The van der Waals surface area contributed by atoms with Crippen LogP contribution >= 0.6 is 7.82 Å². The number of nitrogens with zero attached hydrogens (tertiary/aromatic N) is 1. The van der Waals surface area contributed by atoms with Gasteiger partial charge in [-0.1, -0.05) is 280 Å². The maximum atomic E-state index is 13.6. The largest absolute Gasteiger partial charge is 0.756 e. The van der Waals surface area contributed by atoms with Crippen LogP contribution in [-0.4, -0.2) is 69.4 Å². The number of rotatable bonds is 63. The molecule has 1 amide bonds. The van der Waals surface area contributed by atoms with Gasteiger partial charge in [-0.2, -0.15) is 0 Å². The third-order valence-corrected chi connectivity index (χ3v) is 16.3. The third kappa shape index (κ3) is 63.5. The molecule has 0 aromatic rings. The van der Waals surface area contributed by atoms with Crippen LogP contribution < -0.4 is 10.2 Å². The number of quaternary nitrogens is 1. The molecular formula is C73H133N2O7P. The number of likely N-dealkylation sites (N-methyl/N-ethyl adjacent to an activating group) is 1. The van der Waals surface area contributed by atoms with E-state index in [-0.39, 0.29) is 24.9 Å². The lowest BCUT2D eigenvalue weighted by Crippen LogP contribution is -2.47. The molecule has 83 heavy (non-hydrogen) atoms. The first-order valence-electron chi connectivity index (χ1n) is 34.9. The van der Waals surface area contributed by atoms with Gasteiger partial charge in [0.15, 0.2) is 0 Å². The molecule has 0 radical (unpaired) electrons. The van der Waals surface area contributed by atoms with Gasteiger partial charge in [0.1, 0.15) is 19.3 Å². The molecule has 9 nitrogen and oxygen atoms in total. The molecule has 0 aromatic heterocycles. The molecule has 0 fully saturated rings. The van der Waals surface area contributed by atoms with E-state index in [1.165, 1.54) is 193 Å². The van der Waals surface area contributed by atoms with Crippen LogP contribution in [-0.2, 0) is 27.9 Å². The lowest BCUT2D eigenvalue weighted by molar-refractivity contribution is -0.870. The van der Waals surface area contributed by atoms with Crippen molar-refractivity contribution in [1.82, 2.24) is 5.32 Å². The Morgan fingerprint density at radius 2 is 0.735 bits per heavy atom. The summed E-state index contributed by atoms with van der Waals surface area (Å²) in [5.74, 6) is -0.571. The van der Waals surface area contributed by atoms with Gasteiger partial charge in [0.2, 0.25) is 5.91 Å². The summed E-state index contributed by atoms with van der Waals surface area (Å²) in [5.41, 5.74) is 0. The average molecular weight is 1180 g/mol. The Morgan fingerprint density at radius 3 is 1.13 bits per heavy atom. The first-order chi connectivity index (χ1) is 40.4. The third-order valence-electron chi connectivity index (χ3n) is 15.3. The number of carbonyl (C=O) groups is 2. The molecule has 0 aliphatic heterocycles. The Bertz CT molecular complexity index is 1700. The SMILES string of the molecule is CCCCC/C=C\C/C=C\C/C=C\C/C=C\CCCCCC(=O)OC(/C=C\CCCCCCCCCCC)C(COP(=O)([O-])OCC[N+](C)(C)C)NC(=O)CCCCCCCCCCCCCCCCCCC/C=C\C/C=C\CCCCC. The van der Waals surface area contributed by atoms with Crippen molar-refractivity contribution in [3.8, 4) is 0 Å². The zero-order chi connectivity index (χ0) is 60.7. The highest BCUT2D eigenvalue weighted by Gasteiger charge is 2.27. The van der Waals surface area contributed by atoms with Crippen molar-refractivity contribution in [3.63, 3.8) is 0 Å². The molecule has 0 bridgehead atoms. The Labute approximate surface area is 514 Å². The molecule has 0 aliphatic rings. The topological polar surface area (TPSA) is 114 Å². The summed E-state index contributed by atoms with van der Waals surface area (Å²) in [6.45, 7) is 6.79. The zero-order valence-electron chi connectivity index (χ0n) is 55.1. The molecule has 0 aliphatic carbocycles. The number of nitrogens with one attached hydrogen (secondary N) is 1. The molecule has 0 heterocycles. The van der Waals surface area contributed by atoms with Crippen molar-refractivity contribution in [2.45, 2.75) is 328 Å². The number of unbranched alkanes of at least 4 members (excludes halogenated alkanes) is 35. The molecule has 3 unspecified atom stereocenters. The summed E-state index contributed by atoms with van der Waals surface area (Å²) in [7, 11) is 1.17. The van der Waals surface area contributed by atoms with Gasteiger partial charge in [-0.15, -0.1) is 0 Å². The first kappa shape index (κ1) is 80.2. The minimum atomic E-state index is -4.71. The van der Waals surface area contributed by atoms with E-state index in [1.807, 2.05) is 33.3 Å². The highest BCUT2D eigenvalue weighted by atomic mass is 31.2. The Morgan fingerprint density at radius 1 is 0.422 bits per heavy atom. The number of amides is 1. The van der Waals surface area contributed by atoms with Crippen LogP contribution in [0.3, 0.4) is 0 Å². The van der Waals surface area contributed by atoms with Gasteiger partial charge < -0.3 is 28.5 Å². The smallest absolute Gasteiger partial charge is 0.306 e. The Hall–Kier alpha value is -2.81. The standard InChI is InChI=1S/C73H133N2O7P/c1-7-10-13-16-19-22-25-27-29-31-33-34-35-36-37-38-39-40-42-43-45-47-50-53-56-59-62-65-72(76)74-70(69-81-83(78,79)80-68-67-75(4,5)6)71(64-61-58-55-52-49-24-21-18-15-12-9-3)82-73(77)66-63-60-57-54-51-48-46-44-41-32-30-28-26-23-20-17-14-11-8-2/h19-20,22-23,27-30,41,44,48,51,61,64,70-71H,7-18,21,24-26,31-40,42-43,45-47,49-50,52-60,62-63,65-69H2,1-6H3,(H-,74,76,78,79)/b22-19-,23-20-,29-27-,30-28-,44-41-,51-48-,64-61-. The summed E-state index contributed by atoms with van der Waals surface area (Å²) >= 11 is 0. The predicted molar refractivity (Wildman–Crippen MR) is 358 cm³/mol. The van der Waals surface area contributed by atoms with Crippen molar-refractivity contribution in [2.24, 2.45) is 0 Å². The Kier molecular flexibility index (Phi) is 60.1. The number of allylic oxidation sites excluding steroid dienone is 13. The van der Waals surface area contributed by atoms with E-state index < -0.39 is 26.6 Å². The predicted octanol–water partition coefficient (Wildman–Crippen LogP) is 21.5. The van der Waals surface area contributed by atoms with Crippen LogP contribution in [0.25, 0.3) is 0 Å². The molecule has 0 saturated heterocycles. The minimum absolute atomic E-state index is 0.0296. The van der Waals surface area contributed by atoms with E-state index in [1.54, 1.807) is 0 Å². The zero-order valence-corrected chi connectivity index (χ0v) is 56.0. The Balaban J connectivity index is 5.04. The summed E-state index contributed by atoms with van der Waals surface area (Å²) in [5, 5.41) is 3.03. The van der Waals surface area contributed by atoms with Crippen LogP contribution in [0.4, 0.5) is 0 Å². The normalized spacial score (nSPS) is 14.1. The van der Waals surface area contributed by atoms with Crippen LogP contribution in [0.15, 0.2) is 85.1 Å². The van der Waals surface area contributed by atoms with Gasteiger partial charge in [0.25, 0.3) is 7.82 Å². The second-order valence-electron chi connectivity index (χ2n) is 24.7. The highest BCUT2D eigenvalue weighted by molar-refractivity contribution is 7.45. The number of phosphoric acid groups is 1. The van der Waals surface area contributed by atoms with Crippen molar-refractivity contribution >= 4 is 19.7 Å². The van der Waals surface area contributed by atoms with Crippen LogP contribution in [0.5, 0.6) is 0 Å². The van der Waals surface area contributed by atoms with Crippen LogP contribution in [0.1, 0.15) is 316 Å². The second-order valence-corrected chi connectivity index (χ2v) is 26.1. The minimum Gasteiger partial charge on any atom is -0.756 e. The van der Waals surface area contributed by atoms with Crippen LogP contribution in [0.2, 0.25) is 0 Å². The second kappa shape index (κ2) is 62.2. The van der Waals surface area contributed by atoms with Crippen molar-refractivity contribution in [1.29, 1.82) is 0 Å². The highest BCUT2D eigenvalue weighted by Crippen LogP contribution is 2.38. The molecule has 0 spiro atoms. The number of carbonyl (C=O) groups excluding carboxylic acids is 2. The monoisotopic (exact) mass is 1180 g/mol. The van der Waals surface area contributed by atoms with Crippen molar-refractivity contribution in [2.75, 3.05) is 40.9 Å². The molecule has 0 aromatic carbocycles. The molecule has 482 valence electrons. The van der Waals surface area contributed by atoms with Gasteiger partial charge in [0, 0.05) is 12.8 Å². The van der Waals surface area contributed by atoms with E-state index in [0.29, 0.717) is 23.9 Å². The van der Waals surface area contributed by atoms with Gasteiger partial charge >= 0.3 is 5.97 Å². The number of esters is 1. The van der Waals surface area contributed by atoms with E-state index in [0.717, 1.165) is 83.5 Å². The maximum absolute atomic E-state index is 13.6. The number of phosphoric ester groups is 1. The fourth-order valence-corrected chi connectivity index (χ4v) is 10.6. The van der Waals surface area contributed by atoms with Gasteiger partial charge in [-0.25, -0.2) is 0 Å². The maximum Gasteiger partial charge on any atom is 0.306 e. The summed E-state index contributed by atoms with van der Waals surface area (Å²) < 4.78 is 30.4.